The molecule has 0 aromatic heterocycles. The summed E-state index contributed by atoms with van der Waals surface area (Å²) in [4.78, 5) is 49.4. The van der Waals surface area contributed by atoms with E-state index in [-0.39, 0.29) is 18.8 Å². The van der Waals surface area contributed by atoms with Crippen LogP contribution in [0.15, 0.2) is 60.3 Å². The molecule has 3 rings (SSSR count). The SMILES string of the molecule is CC(=O)N/C(=C\c1ccccc1)C(=O)OCCN1C(=O)c2ccccc2C1=O. The Balaban J connectivity index is 1.64. The van der Waals surface area contributed by atoms with Gasteiger partial charge in [0.25, 0.3) is 11.8 Å². The van der Waals surface area contributed by atoms with Crippen molar-refractivity contribution in [1.29, 1.82) is 0 Å². The molecule has 0 radical (unpaired) electrons. The molecule has 142 valence electrons. The molecule has 0 aliphatic carbocycles. The summed E-state index contributed by atoms with van der Waals surface area (Å²) in [5.41, 5.74) is 1.35. The molecule has 1 aliphatic rings. The Kier molecular flexibility index (Phi) is 5.64. The van der Waals surface area contributed by atoms with Gasteiger partial charge in [-0.15, -0.1) is 0 Å². The second kappa shape index (κ2) is 8.30. The van der Waals surface area contributed by atoms with E-state index in [9.17, 15) is 19.2 Å². The molecule has 1 aliphatic heterocycles. The van der Waals surface area contributed by atoms with E-state index >= 15 is 0 Å². The van der Waals surface area contributed by atoms with Crippen LogP contribution in [0.25, 0.3) is 6.08 Å². The normalized spacial score (nSPS) is 13.3. The van der Waals surface area contributed by atoms with Gasteiger partial charge in [0.2, 0.25) is 5.91 Å². The van der Waals surface area contributed by atoms with E-state index in [0.29, 0.717) is 16.7 Å². The minimum absolute atomic E-state index is 0.0268. The zero-order valence-corrected chi connectivity index (χ0v) is 15.2. The standard InChI is InChI=1S/C21H18N2O5/c1-14(24)22-18(13-15-7-3-2-4-8-15)21(27)28-12-11-23-19(25)16-9-5-6-10-17(16)20(23)26/h2-10,13H,11-12H2,1H3,(H,22,24)/b18-13-. The van der Waals surface area contributed by atoms with Crippen LogP contribution in [0.3, 0.4) is 0 Å². The first-order valence-electron chi connectivity index (χ1n) is 8.64. The first-order valence-corrected chi connectivity index (χ1v) is 8.64. The van der Waals surface area contributed by atoms with Gasteiger partial charge < -0.3 is 10.1 Å². The lowest BCUT2D eigenvalue weighted by Gasteiger charge is -2.14. The number of carbonyl (C=O) groups excluding carboxylic acids is 4. The maximum atomic E-state index is 12.3. The first-order chi connectivity index (χ1) is 13.5. The molecule has 2 aromatic rings. The Morgan fingerprint density at radius 1 is 0.964 bits per heavy atom. The number of benzene rings is 2. The molecule has 0 saturated heterocycles. The highest BCUT2D eigenvalue weighted by atomic mass is 16.5. The number of nitrogens with zero attached hydrogens (tertiary/aromatic N) is 1. The lowest BCUT2D eigenvalue weighted by molar-refractivity contribution is -0.140. The van der Waals surface area contributed by atoms with Crippen molar-refractivity contribution in [1.82, 2.24) is 10.2 Å². The zero-order valence-electron chi connectivity index (χ0n) is 15.2. The molecule has 0 bridgehead atoms. The van der Waals surface area contributed by atoms with E-state index in [0.717, 1.165) is 4.90 Å². The molecular weight excluding hydrogens is 360 g/mol. The maximum absolute atomic E-state index is 12.3. The van der Waals surface area contributed by atoms with Crippen molar-refractivity contribution in [2.45, 2.75) is 6.92 Å². The Bertz CT molecular complexity index is 931. The Morgan fingerprint density at radius 3 is 2.11 bits per heavy atom. The molecule has 7 nitrogen and oxygen atoms in total. The fraction of sp³-hybridized carbons (Fsp3) is 0.143. The van der Waals surface area contributed by atoms with Crippen molar-refractivity contribution in [2.75, 3.05) is 13.2 Å². The van der Waals surface area contributed by atoms with Gasteiger partial charge in [0.05, 0.1) is 17.7 Å². The third kappa shape index (κ3) is 4.15. The minimum Gasteiger partial charge on any atom is -0.459 e. The molecule has 28 heavy (non-hydrogen) atoms. The lowest BCUT2D eigenvalue weighted by Crippen LogP contribution is -2.34. The van der Waals surface area contributed by atoms with Gasteiger partial charge in [-0.05, 0) is 23.8 Å². The number of amides is 3. The number of rotatable bonds is 6. The third-order valence-corrected chi connectivity index (χ3v) is 4.07. The minimum atomic E-state index is -0.754. The predicted molar refractivity (Wildman–Crippen MR) is 101 cm³/mol. The van der Waals surface area contributed by atoms with Gasteiger partial charge >= 0.3 is 5.97 Å². The van der Waals surface area contributed by atoms with Gasteiger partial charge in [0.1, 0.15) is 12.3 Å². The summed E-state index contributed by atoms with van der Waals surface area (Å²) < 4.78 is 5.17. The van der Waals surface area contributed by atoms with Crippen LogP contribution in [0.4, 0.5) is 0 Å². The highest BCUT2D eigenvalue weighted by Crippen LogP contribution is 2.22. The van der Waals surface area contributed by atoms with Crippen molar-refractivity contribution in [3.8, 4) is 0 Å². The highest BCUT2D eigenvalue weighted by Gasteiger charge is 2.34. The number of esters is 1. The molecule has 0 unspecified atom stereocenters. The number of hydrogen-bond acceptors (Lipinski definition) is 5. The third-order valence-electron chi connectivity index (χ3n) is 4.07. The Morgan fingerprint density at radius 2 is 1.54 bits per heavy atom. The molecule has 0 spiro atoms. The van der Waals surface area contributed by atoms with Crippen molar-refractivity contribution in [3.05, 3.63) is 77.0 Å². The summed E-state index contributed by atoms with van der Waals surface area (Å²) >= 11 is 0. The smallest absolute Gasteiger partial charge is 0.354 e. The van der Waals surface area contributed by atoms with E-state index in [1.165, 1.54) is 13.0 Å². The number of nitrogens with one attached hydrogen (secondary N) is 1. The van der Waals surface area contributed by atoms with E-state index < -0.39 is 23.7 Å². The summed E-state index contributed by atoms with van der Waals surface area (Å²) in [6.07, 6.45) is 1.49. The summed E-state index contributed by atoms with van der Waals surface area (Å²) in [6.45, 7) is 1.03. The van der Waals surface area contributed by atoms with Crippen LogP contribution in [0, 0.1) is 0 Å². The fourth-order valence-corrected chi connectivity index (χ4v) is 2.80. The summed E-state index contributed by atoms with van der Waals surface area (Å²) in [7, 11) is 0. The number of fused-ring (bicyclic) bond motifs is 1. The van der Waals surface area contributed by atoms with Crippen LogP contribution in [0.5, 0.6) is 0 Å². The topological polar surface area (TPSA) is 92.8 Å². The molecule has 7 heteroatoms. The Labute approximate surface area is 161 Å². The fourth-order valence-electron chi connectivity index (χ4n) is 2.80. The van der Waals surface area contributed by atoms with Gasteiger partial charge in [-0.25, -0.2) is 4.79 Å². The largest absolute Gasteiger partial charge is 0.459 e. The van der Waals surface area contributed by atoms with E-state index in [1.54, 1.807) is 48.5 Å². The van der Waals surface area contributed by atoms with Crippen molar-refractivity contribution >= 4 is 29.8 Å². The summed E-state index contributed by atoms with van der Waals surface area (Å²) in [5.74, 6) is -2.01. The molecule has 0 atom stereocenters. The van der Waals surface area contributed by atoms with E-state index in [1.807, 2.05) is 6.07 Å². The van der Waals surface area contributed by atoms with Crippen LogP contribution in [-0.4, -0.2) is 41.7 Å². The maximum Gasteiger partial charge on any atom is 0.354 e. The highest BCUT2D eigenvalue weighted by molar-refractivity contribution is 6.21. The van der Waals surface area contributed by atoms with E-state index in [2.05, 4.69) is 5.32 Å². The lowest BCUT2D eigenvalue weighted by atomic mass is 10.1. The number of ether oxygens (including phenoxy) is 1. The van der Waals surface area contributed by atoms with Crippen LogP contribution in [-0.2, 0) is 14.3 Å². The van der Waals surface area contributed by atoms with Gasteiger partial charge in [0, 0.05) is 6.92 Å². The van der Waals surface area contributed by atoms with Crippen LogP contribution in [0.2, 0.25) is 0 Å². The van der Waals surface area contributed by atoms with Crippen molar-refractivity contribution < 1.29 is 23.9 Å². The number of imide groups is 1. The molecule has 1 heterocycles. The molecule has 0 fully saturated rings. The monoisotopic (exact) mass is 378 g/mol. The van der Waals surface area contributed by atoms with Gasteiger partial charge in [-0.3, -0.25) is 19.3 Å². The molecule has 3 amide bonds. The van der Waals surface area contributed by atoms with Crippen molar-refractivity contribution in [3.63, 3.8) is 0 Å². The van der Waals surface area contributed by atoms with Crippen LogP contribution >= 0.6 is 0 Å². The second-order valence-electron chi connectivity index (χ2n) is 6.09. The molecule has 0 saturated carbocycles. The van der Waals surface area contributed by atoms with Crippen LogP contribution in [0.1, 0.15) is 33.2 Å². The average Bonchev–Trinajstić information content (AvgIpc) is 2.93. The molecular formula is C21H18N2O5. The van der Waals surface area contributed by atoms with E-state index in [4.69, 9.17) is 4.74 Å². The molecule has 1 N–H and O–H groups in total. The van der Waals surface area contributed by atoms with Crippen LogP contribution < -0.4 is 5.32 Å². The average molecular weight is 378 g/mol. The number of hydrogen-bond donors (Lipinski definition) is 1. The Hall–Kier alpha value is -3.74. The number of carbonyl (C=O) groups is 4. The predicted octanol–water partition coefficient (Wildman–Crippen LogP) is 2.00. The van der Waals surface area contributed by atoms with Gasteiger partial charge in [0.15, 0.2) is 0 Å². The summed E-state index contributed by atoms with van der Waals surface area (Å²) in [5, 5.41) is 2.44. The molecule has 2 aromatic carbocycles. The second-order valence-corrected chi connectivity index (χ2v) is 6.09. The van der Waals surface area contributed by atoms with Gasteiger partial charge in [-0.2, -0.15) is 0 Å². The quantitative estimate of drug-likeness (QED) is 0.472. The first kappa shape index (κ1) is 19.0. The van der Waals surface area contributed by atoms with Crippen molar-refractivity contribution in [2.24, 2.45) is 0 Å². The summed E-state index contributed by atoms with van der Waals surface area (Å²) in [6, 6.07) is 15.5. The van der Waals surface area contributed by atoms with Gasteiger partial charge in [-0.1, -0.05) is 42.5 Å². The zero-order chi connectivity index (χ0) is 20.1.